The van der Waals surface area contributed by atoms with Gasteiger partial charge in [0.25, 0.3) is 0 Å². The third-order valence-corrected chi connectivity index (χ3v) is 15.9. The van der Waals surface area contributed by atoms with Crippen molar-refractivity contribution in [2.45, 2.75) is 70.6 Å². The van der Waals surface area contributed by atoms with Crippen LogP contribution in [0.15, 0.2) is 225 Å². The van der Waals surface area contributed by atoms with Crippen LogP contribution in [0.3, 0.4) is 0 Å². The zero-order chi connectivity index (χ0) is 48.6. The molecule has 9 aromatic rings. The molecule has 0 saturated carbocycles. The molecule has 0 saturated heterocycles. The van der Waals surface area contributed by atoms with Crippen molar-refractivity contribution in [3.8, 4) is 22.3 Å². The van der Waals surface area contributed by atoms with Crippen molar-refractivity contribution >= 4 is 29.2 Å². The molecule has 0 amide bonds. The zero-order valence-corrected chi connectivity index (χ0v) is 41.6. The Morgan fingerprint density at radius 2 is 0.814 bits per heavy atom. The van der Waals surface area contributed by atoms with Crippen molar-refractivity contribution in [1.82, 2.24) is 0 Å². The maximum Gasteiger partial charge on any atom is 0.0713 e. The van der Waals surface area contributed by atoms with Gasteiger partial charge in [-0.1, -0.05) is 240 Å². The summed E-state index contributed by atoms with van der Waals surface area (Å²) in [6, 6.07) is 80.1. The van der Waals surface area contributed by atoms with Crippen LogP contribution in [-0.4, -0.2) is 0 Å². The van der Waals surface area contributed by atoms with Gasteiger partial charge in [-0.25, -0.2) is 0 Å². The summed E-state index contributed by atoms with van der Waals surface area (Å²) in [6.07, 6.45) is 5.74. The molecule has 344 valence electrons. The van der Waals surface area contributed by atoms with E-state index in [2.05, 4.69) is 272 Å². The summed E-state index contributed by atoms with van der Waals surface area (Å²) in [6.45, 7) is 21.7. The van der Waals surface area contributed by atoms with Gasteiger partial charge in [0.05, 0.1) is 5.41 Å². The molecule has 70 heavy (non-hydrogen) atoms. The first kappa shape index (κ1) is 46.0. The number of hydrogen-bond donors (Lipinski definition) is 0. The Labute approximate surface area is 417 Å². The summed E-state index contributed by atoms with van der Waals surface area (Å²) in [5.74, 6) is 0. The maximum atomic E-state index is 4.04. The lowest BCUT2D eigenvalue weighted by Crippen LogP contribution is -2.29. The number of nitrogens with zero attached hydrogens (tertiary/aromatic N) is 1. The average Bonchev–Trinajstić information content (AvgIpc) is 3.72. The number of hydrogen-bond acceptors (Lipinski definition) is 1. The van der Waals surface area contributed by atoms with Crippen molar-refractivity contribution in [2.24, 2.45) is 0 Å². The van der Waals surface area contributed by atoms with Crippen LogP contribution in [0.2, 0.25) is 0 Å². The number of rotatable bonds is 14. The van der Waals surface area contributed by atoms with Crippen LogP contribution < -0.4 is 4.90 Å². The second-order valence-electron chi connectivity index (χ2n) is 19.8. The molecule has 9 aromatic carbocycles. The predicted octanol–water partition coefficient (Wildman–Crippen LogP) is 18.5. The van der Waals surface area contributed by atoms with Gasteiger partial charge in [0.1, 0.15) is 0 Å². The first-order chi connectivity index (χ1) is 34.0. The van der Waals surface area contributed by atoms with E-state index in [9.17, 15) is 0 Å². The minimum atomic E-state index is -0.530. The summed E-state index contributed by atoms with van der Waals surface area (Å²) in [5.41, 5.74) is 22.4. The molecule has 1 nitrogen and oxygen atoms in total. The smallest absolute Gasteiger partial charge is 0.0713 e. The van der Waals surface area contributed by atoms with E-state index in [0.29, 0.717) is 0 Å². The fraction of sp³-hybridized carbons (Fsp3) is 0.159. The van der Waals surface area contributed by atoms with Crippen LogP contribution in [-0.2, 0) is 16.2 Å². The minimum Gasteiger partial charge on any atom is -0.310 e. The summed E-state index contributed by atoms with van der Waals surface area (Å²) >= 11 is 0. The second-order valence-corrected chi connectivity index (χ2v) is 19.8. The van der Waals surface area contributed by atoms with E-state index >= 15 is 0 Å². The molecular formula is C69H63N. The van der Waals surface area contributed by atoms with Gasteiger partial charge in [0.15, 0.2) is 0 Å². The number of fused-ring (bicyclic) bond motifs is 3. The fourth-order valence-electron chi connectivity index (χ4n) is 11.2. The van der Waals surface area contributed by atoms with Crippen molar-refractivity contribution < 1.29 is 0 Å². The summed E-state index contributed by atoms with van der Waals surface area (Å²) in [5, 5.41) is 0. The third-order valence-electron chi connectivity index (χ3n) is 15.9. The van der Waals surface area contributed by atoms with Crippen molar-refractivity contribution in [1.29, 1.82) is 0 Å². The van der Waals surface area contributed by atoms with E-state index in [-0.39, 0.29) is 10.8 Å². The largest absolute Gasteiger partial charge is 0.310 e. The molecule has 10 rings (SSSR count). The molecule has 0 spiro atoms. The van der Waals surface area contributed by atoms with E-state index in [0.717, 1.165) is 41.0 Å². The standard InChI is InChI=1S/C69H63N/c1-9-50-25-31-54(32-26-50)67(7,11-3)56-37-39-58(40-38-56)69(65-19-15-13-17-63(65)64-18-14-16-20-66(64)69)57-35-29-52(30-36-57)53-45-59(68(8,12-4)55-33-27-51(10-2)28-34-55)47-62(46-53)70(60-41-21-48(5)22-42-60)61-43-23-49(6)24-44-61/h9-10,13-47H,1-2,11-12H2,3-8H3. The van der Waals surface area contributed by atoms with E-state index in [1.807, 2.05) is 12.2 Å². The highest BCUT2D eigenvalue weighted by Gasteiger charge is 2.46. The third kappa shape index (κ3) is 7.84. The van der Waals surface area contributed by atoms with Crippen LogP contribution >= 0.6 is 0 Å². The molecule has 0 radical (unpaired) electrons. The minimum absolute atomic E-state index is 0.149. The summed E-state index contributed by atoms with van der Waals surface area (Å²) in [7, 11) is 0. The Kier molecular flexibility index (Phi) is 12.2. The Balaban J connectivity index is 1.15. The Hall–Kier alpha value is -7.74. The lowest BCUT2D eigenvalue weighted by Gasteiger charge is -2.35. The Bertz CT molecular complexity index is 3230. The SMILES string of the molecule is C=Cc1ccc(C(C)(CC)c2ccc(C3(c4ccc(-c5cc(N(c6ccc(C)cc6)c6ccc(C)cc6)cc(C(C)(CC)c6ccc(C=C)cc6)c5)cc4)c4ccccc4-c4ccccc43)cc2)cc1. The van der Waals surface area contributed by atoms with E-state index < -0.39 is 5.41 Å². The van der Waals surface area contributed by atoms with Gasteiger partial charge in [-0.2, -0.15) is 0 Å². The number of aryl methyl sites for hydroxylation is 2. The van der Waals surface area contributed by atoms with Gasteiger partial charge < -0.3 is 4.90 Å². The van der Waals surface area contributed by atoms with Crippen molar-refractivity contribution in [3.63, 3.8) is 0 Å². The van der Waals surface area contributed by atoms with Gasteiger partial charge in [0.2, 0.25) is 0 Å². The average molecular weight is 906 g/mol. The van der Waals surface area contributed by atoms with Gasteiger partial charge in [-0.05, 0) is 141 Å². The fourth-order valence-corrected chi connectivity index (χ4v) is 11.2. The molecule has 0 aromatic heterocycles. The van der Waals surface area contributed by atoms with Crippen molar-refractivity contribution in [2.75, 3.05) is 4.90 Å². The van der Waals surface area contributed by atoms with E-state index in [1.54, 1.807) is 0 Å². The van der Waals surface area contributed by atoms with Gasteiger partial charge >= 0.3 is 0 Å². The molecule has 2 unspecified atom stereocenters. The zero-order valence-electron chi connectivity index (χ0n) is 41.6. The highest BCUT2D eigenvalue weighted by atomic mass is 15.1. The highest BCUT2D eigenvalue weighted by molar-refractivity contribution is 5.87. The lowest BCUT2D eigenvalue weighted by atomic mass is 9.66. The monoisotopic (exact) mass is 905 g/mol. The molecule has 1 heteroatoms. The second kappa shape index (κ2) is 18.6. The molecule has 0 N–H and O–H groups in total. The highest BCUT2D eigenvalue weighted by Crippen LogP contribution is 2.56. The molecule has 0 aliphatic heterocycles. The van der Waals surface area contributed by atoms with E-state index in [4.69, 9.17) is 0 Å². The van der Waals surface area contributed by atoms with Crippen LogP contribution in [0.5, 0.6) is 0 Å². The maximum absolute atomic E-state index is 4.04. The van der Waals surface area contributed by atoms with Gasteiger partial charge in [-0.3, -0.25) is 0 Å². The first-order valence-corrected chi connectivity index (χ1v) is 25.0. The normalized spacial score (nSPS) is 14.1. The van der Waals surface area contributed by atoms with Crippen LogP contribution in [0, 0.1) is 13.8 Å². The molecule has 0 heterocycles. The van der Waals surface area contributed by atoms with E-state index in [1.165, 1.54) is 77.9 Å². The van der Waals surface area contributed by atoms with Crippen LogP contribution in [0.25, 0.3) is 34.4 Å². The molecular weight excluding hydrogens is 843 g/mol. The predicted molar refractivity (Wildman–Crippen MR) is 300 cm³/mol. The van der Waals surface area contributed by atoms with Gasteiger partial charge in [-0.15, -0.1) is 0 Å². The molecule has 1 aliphatic rings. The van der Waals surface area contributed by atoms with Crippen molar-refractivity contribution in [3.05, 3.63) is 292 Å². The van der Waals surface area contributed by atoms with Crippen LogP contribution in [0.1, 0.15) is 107 Å². The lowest BCUT2D eigenvalue weighted by molar-refractivity contribution is 0.549. The number of benzene rings is 9. The van der Waals surface area contributed by atoms with Gasteiger partial charge in [0, 0.05) is 27.9 Å². The molecule has 0 bridgehead atoms. The summed E-state index contributed by atoms with van der Waals surface area (Å²) in [4.78, 5) is 2.42. The molecule has 1 aliphatic carbocycles. The topological polar surface area (TPSA) is 3.24 Å². The number of anilines is 3. The Morgan fingerprint density at radius 1 is 0.414 bits per heavy atom. The molecule has 0 fully saturated rings. The molecule has 2 atom stereocenters. The summed E-state index contributed by atoms with van der Waals surface area (Å²) < 4.78 is 0. The quantitative estimate of drug-likeness (QED) is 0.105. The van der Waals surface area contributed by atoms with Crippen LogP contribution in [0.4, 0.5) is 17.1 Å². The Morgan fingerprint density at radius 3 is 1.24 bits per heavy atom. The first-order valence-electron chi connectivity index (χ1n) is 25.0.